The predicted molar refractivity (Wildman–Crippen MR) is 171 cm³/mol. The highest BCUT2D eigenvalue weighted by molar-refractivity contribution is 9.10. The first kappa shape index (κ1) is 28.3. The van der Waals surface area contributed by atoms with Crippen LogP contribution in [0.4, 0.5) is 0 Å². The van der Waals surface area contributed by atoms with Gasteiger partial charge >= 0.3 is 0 Å². The lowest BCUT2D eigenvalue weighted by atomic mass is 10.2. The molecule has 0 radical (unpaired) electrons. The number of aromatic nitrogens is 2. The Morgan fingerprint density at radius 2 is 1.79 bits per heavy atom. The van der Waals surface area contributed by atoms with Crippen LogP contribution in [0.2, 0.25) is 15.1 Å². The van der Waals surface area contributed by atoms with E-state index in [9.17, 15) is 4.79 Å². The van der Waals surface area contributed by atoms with Crippen LogP contribution in [0.5, 0.6) is 11.5 Å². The second-order valence-corrected chi connectivity index (χ2v) is 11.1. The third-order valence-electron chi connectivity index (χ3n) is 6.45. The van der Waals surface area contributed by atoms with Crippen LogP contribution in [0.3, 0.4) is 0 Å². The van der Waals surface area contributed by atoms with Crippen molar-refractivity contribution in [2.75, 3.05) is 7.11 Å². The van der Waals surface area contributed by atoms with Crippen LogP contribution >= 0.6 is 50.7 Å². The van der Waals surface area contributed by atoms with Crippen molar-refractivity contribution in [1.82, 2.24) is 9.66 Å². The predicted octanol–water partition coefficient (Wildman–Crippen LogP) is 9.00. The summed E-state index contributed by atoms with van der Waals surface area (Å²) in [6, 6.07) is 23.4. The Balaban J connectivity index is 1.41. The van der Waals surface area contributed by atoms with Gasteiger partial charge in [0.05, 0.1) is 34.3 Å². The van der Waals surface area contributed by atoms with Gasteiger partial charge in [-0.05, 0) is 64.0 Å². The molecule has 2 heterocycles. The molecule has 4 aromatic carbocycles. The third kappa shape index (κ3) is 5.39. The number of hydrogen-bond acceptors (Lipinski definition) is 6. The van der Waals surface area contributed by atoms with Gasteiger partial charge in [0.2, 0.25) is 5.82 Å². The van der Waals surface area contributed by atoms with E-state index in [1.807, 2.05) is 36.4 Å². The van der Waals surface area contributed by atoms with Crippen LogP contribution in [-0.4, -0.2) is 23.0 Å². The molecule has 7 nitrogen and oxygen atoms in total. The van der Waals surface area contributed by atoms with E-state index in [1.54, 1.807) is 42.5 Å². The normalized spacial score (nSPS) is 11.5. The zero-order valence-electron chi connectivity index (χ0n) is 21.8. The molecule has 42 heavy (non-hydrogen) atoms. The first-order chi connectivity index (χ1) is 20.3. The van der Waals surface area contributed by atoms with E-state index >= 15 is 0 Å². The summed E-state index contributed by atoms with van der Waals surface area (Å²) in [4.78, 5) is 18.3. The summed E-state index contributed by atoms with van der Waals surface area (Å²) in [5.74, 6) is 1.34. The van der Waals surface area contributed by atoms with Crippen molar-refractivity contribution >= 4 is 78.8 Å². The average Bonchev–Trinajstić information content (AvgIpc) is 3.44. The quantitative estimate of drug-likeness (QED) is 0.157. The van der Waals surface area contributed by atoms with Gasteiger partial charge in [-0.25, -0.2) is 4.98 Å². The zero-order chi connectivity index (χ0) is 29.4. The number of benzene rings is 4. The van der Waals surface area contributed by atoms with Crippen LogP contribution in [0.15, 0.2) is 97.6 Å². The van der Waals surface area contributed by atoms with E-state index < -0.39 is 0 Å². The van der Waals surface area contributed by atoms with Gasteiger partial charge in [0, 0.05) is 15.4 Å². The van der Waals surface area contributed by atoms with Crippen molar-refractivity contribution in [3.63, 3.8) is 0 Å². The highest BCUT2D eigenvalue weighted by Gasteiger charge is 2.19. The van der Waals surface area contributed by atoms with Crippen LogP contribution in [-0.2, 0) is 6.61 Å². The molecular weight excluding hydrogens is 665 g/mol. The lowest BCUT2D eigenvalue weighted by molar-refractivity contribution is 0.284. The molecule has 0 N–H and O–H groups in total. The van der Waals surface area contributed by atoms with Crippen LogP contribution < -0.4 is 15.0 Å². The highest BCUT2D eigenvalue weighted by atomic mass is 79.9. The summed E-state index contributed by atoms with van der Waals surface area (Å²) in [5.41, 5.74) is 2.17. The first-order valence-electron chi connectivity index (χ1n) is 12.5. The molecule has 0 spiro atoms. The number of para-hydroxylation sites is 2. The molecule has 6 aromatic rings. The Labute approximate surface area is 263 Å². The SMILES string of the molecule is COc1cc(C=Nn2c(-c3cc4ccccc4o3)nc3ccccc3c2=O)c(Br)c(Cl)c1OCc1ccc(Cl)c(Cl)c1. The molecule has 210 valence electrons. The van der Waals surface area contributed by atoms with Gasteiger partial charge in [0.25, 0.3) is 5.56 Å². The van der Waals surface area contributed by atoms with Crippen LogP contribution in [0.1, 0.15) is 11.1 Å². The monoisotopic (exact) mass is 681 g/mol. The van der Waals surface area contributed by atoms with Gasteiger partial charge in [0.15, 0.2) is 17.3 Å². The van der Waals surface area contributed by atoms with E-state index in [2.05, 4.69) is 21.0 Å². The van der Waals surface area contributed by atoms with Gasteiger partial charge in [-0.15, -0.1) is 0 Å². The molecule has 0 aliphatic rings. The molecule has 0 saturated heterocycles. The molecule has 0 unspecified atom stereocenters. The number of halogens is 4. The minimum absolute atomic E-state index is 0.172. The molecule has 0 fully saturated rings. The van der Waals surface area contributed by atoms with Crippen molar-refractivity contribution in [2.24, 2.45) is 5.10 Å². The van der Waals surface area contributed by atoms with Gasteiger partial charge in [-0.2, -0.15) is 9.78 Å². The van der Waals surface area contributed by atoms with E-state index in [0.717, 1.165) is 10.9 Å². The Bertz CT molecular complexity index is 2040. The number of methoxy groups -OCH3 is 1. The van der Waals surface area contributed by atoms with Crippen molar-refractivity contribution in [3.05, 3.63) is 120 Å². The second kappa shape index (κ2) is 11.8. The smallest absolute Gasteiger partial charge is 0.282 e. The first-order valence-corrected chi connectivity index (χ1v) is 14.4. The van der Waals surface area contributed by atoms with Crippen LogP contribution in [0, 0.1) is 0 Å². The molecule has 0 aliphatic carbocycles. The lowest BCUT2D eigenvalue weighted by Crippen LogP contribution is -2.20. The largest absolute Gasteiger partial charge is 0.493 e. The third-order valence-corrected chi connectivity index (χ3v) is 8.64. The van der Waals surface area contributed by atoms with Gasteiger partial charge in [-0.1, -0.05) is 71.2 Å². The van der Waals surface area contributed by atoms with Gasteiger partial charge in [-0.3, -0.25) is 4.79 Å². The zero-order valence-corrected chi connectivity index (χ0v) is 25.6. The summed E-state index contributed by atoms with van der Waals surface area (Å²) in [6.07, 6.45) is 1.49. The molecule has 0 bridgehead atoms. The number of hydrogen-bond donors (Lipinski definition) is 0. The number of rotatable bonds is 7. The van der Waals surface area contributed by atoms with Crippen molar-refractivity contribution in [1.29, 1.82) is 0 Å². The van der Waals surface area contributed by atoms with E-state index in [1.165, 1.54) is 18.0 Å². The minimum atomic E-state index is -0.358. The summed E-state index contributed by atoms with van der Waals surface area (Å²) < 4.78 is 19.3. The maximum atomic E-state index is 13.6. The summed E-state index contributed by atoms with van der Waals surface area (Å²) >= 11 is 22.4. The molecule has 11 heteroatoms. The minimum Gasteiger partial charge on any atom is -0.493 e. The molecular formula is C31H19BrCl3N3O4. The standard InChI is InChI=1S/C31H19BrCl3N3O4/c1-40-25-14-19(27(32)28(35)29(25)41-16-17-10-11-21(33)22(34)12-17)15-36-38-30(26-13-18-6-2-5-9-24(18)42-26)37-23-8-4-3-7-20(23)31(38)39/h2-15H,16H2,1H3. The van der Waals surface area contributed by atoms with Gasteiger partial charge < -0.3 is 13.9 Å². The topological polar surface area (TPSA) is 78.9 Å². The van der Waals surface area contributed by atoms with E-state index in [4.69, 9.17) is 53.7 Å². The van der Waals surface area contributed by atoms with E-state index in [0.29, 0.717) is 53.8 Å². The van der Waals surface area contributed by atoms with Gasteiger partial charge in [0.1, 0.15) is 17.2 Å². The summed E-state index contributed by atoms with van der Waals surface area (Å²) in [6.45, 7) is 0.172. The average molecular weight is 684 g/mol. The maximum Gasteiger partial charge on any atom is 0.282 e. The lowest BCUT2D eigenvalue weighted by Gasteiger charge is -2.15. The van der Waals surface area contributed by atoms with Crippen LogP contribution in [0.25, 0.3) is 33.5 Å². The van der Waals surface area contributed by atoms with Crippen molar-refractivity contribution in [3.8, 4) is 23.1 Å². The second-order valence-electron chi connectivity index (χ2n) is 9.12. The number of fused-ring (bicyclic) bond motifs is 2. The fraction of sp³-hybridized carbons (Fsp3) is 0.0645. The highest BCUT2D eigenvalue weighted by Crippen LogP contribution is 2.42. The number of furan rings is 1. The Kier molecular flexibility index (Phi) is 7.96. The Hall–Kier alpha value is -3.82. The Morgan fingerprint density at radius 1 is 1.00 bits per heavy atom. The fourth-order valence-electron chi connectivity index (χ4n) is 4.37. The van der Waals surface area contributed by atoms with Crippen molar-refractivity contribution in [2.45, 2.75) is 6.61 Å². The summed E-state index contributed by atoms with van der Waals surface area (Å²) in [5, 5.41) is 6.96. The number of nitrogens with zero attached hydrogens (tertiary/aromatic N) is 3. The Morgan fingerprint density at radius 3 is 2.57 bits per heavy atom. The molecule has 0 saturated carbocycles. The molecule has 0 atom stereocenters. The van der Waals surface area contributed by atoms with Crippen molar-refractivity contribution < 1.29 is 13.9 Å². The maximum absolute atomic E-state index is 13.6. The summed E-state index contributed by atoms with van der Waals surface area (Å²) in [7, 11) is 1.50. The molecule has 0 amide bonds. The fourth-order valence-corrected chi connectivity index (χ4v) is 5.35. The molecule has 2 aromatic heterocycles. The number of ether oxygens (including phenoxy) is 2. The molecule has 6 rings (SSSR count). The van der Waals surface area contributed by atoms with E-state index in [-0.39, 0.29) is 23.0 Å². The molecule has 0 aliphatic heterocycles.